The molecule has 0 bridgehead atoms. The molecular formula is C12H12FNO3. The number of ether oxygens (including phenoxy) is 2. The van der Waals surface area contributed by atoms with Crippen LogP contribution in [0, 0.1) is 23.1 Å². The van der Waals surface area contributed by atoms with E-state index in [1.54, 1.807) is 6.07 Å². The average Bonchev–Trinajstić information content (AvgIpc) is 2.35. The molecule has 0 aliphatic heterocycles. The molecule has 17 heavy (non-hydrogen) atoms. The highest BCUT2D eigenvalue weighted by atomic mass is 19.1. The quantitative estimate of drug-likeness (QED) is 0.748. The topological polar surface area (TPSA) is 59.3 Å². The number of rotatable bonds is 4. The normalized spacial score (nSPS) is 11.4. The van der Waals surface area contributed by atoms with E-state index in [1.165, 1.54) is 26.4 Å². The fraction of sp³-hybridized carbons (Fsp3) is 0.333. The molecule has 0 aromatic heterocycles. The minimum Gasteiger partial charge on any atom is -0.494 e. The van der Waals surface area contributed by atoms with Gasteiger partial charge in [-0.25, -0.2) is 4.39 Å². The predicted octanol–water partition coefficient (Wildman–Crippen LogP) is 1.69. The number of esters is 1. The Bertz CT molecular complexity index is 454. The van der Waals surface area contributed by atoms with Crippen LogP contribution in [-0.4, -0.2) is 20.2 Å². The van der Waals surface area contributed by atoms with Crippen molar-refractivity contribution in [2.45, 2.75) is 6.42 Å². The Balaban J connectivity index is 2.85. The largest absolute Gasteiger partial charge is 0.494 e. The summed E-state index contributed by atoms with van der Waals surface area (Å²) in [5, 5.41) is 8.79. The molecule has 0 saturated heterocycles. The smallest absolute Gasteiger partial charge is 0.323 e. The van der Waals surface area contributed by atoms with Crippen molar-refractivity contribution in [3.05, 3.63) is 29.6 Å². The summed E-state index contributed by atoms with van der Waals surface area (Å²) >= 11 is 0. The van der Waals surface area contributed by atoms with Gasteiger partial charge in [-0.1, -0.05) is 6.07 Å². The number of hydrogen-bond donors (Lipinski definition) is 0. The first-order chi connectivity index (χ1) is 8.12. The fourth-order valence-electron chi connectivity index (χ4n) is 1.40. The summed E-state index contributed by atoms with van der Waals surface area (Å²) in [6.07, 6.45) is 0.115. The van der Waals surface area contributed by atoms with Gasteiger partial charge in [0.05, 0.1) is 20.3 Å². The molecule has 1 unspecified atom stereocenters. The van der Waals surface area contributed by atoms with Crippen LogP contribution in [0.15, 0.2) is 18.2 Å². The van der Waals surface area contributed by atoms with Crippen molar-refractivity contribution in [2.24, 2.45) is 5.92 Å². The van der Waals surface area contributed by atoms with Crippen molar-refractivity contribution < 1.29 is 18.7 Å². The monoisotopic (exact) mass is 237 g/mol. The SMILES string of the molecule is COC(=O)C(C#N)Cc1ccc(OC)c(F)c1. The Kier molecular flexibility index (Phi) is 4.46. The molecule has 1 aromatic rings. The van der Waals surface area contributed by atoms with Crippen LogP contribution in [0.5, 0.6) is 5.75 Å². The van der Waals surface area contributed by atoms with Crippen molar-refractivity contribution in [2.75, 3.05) is 14.2 Å². The second kappa shape index (κ2) is 5.85. The van der Waals surface area contributed by atoms with Gasteiger partial charge in [-0.2, -0.15) is 5.26 Å². The standard InChI is InChI=1S/C12H12FNO3/c1-16-11-4-3-8(6-10(11)13)5-9(7-14)12(15)17-2/h3-4,6,9H,5H2,1-2H3. The third kappa shape index (κ3) is 3.18. The maximum absolute atomic E-state index is 13.4. The molecule has 4 nitrogen and oxygen atoms in total. The number of methoxy groups -OCH3 is 2. The van der Waals surface area contributed by atoms with Gasteiger partial charge in [-0.15, -0.1) is 0 Å². The number of benzene rings is 1. The maximum Gasteiger partial charge on any atom is 0.323 e. The lowest BCUT2D eigenvalue weighted by Gasteiger charge is -2.08. The van der Waals surface area contributed by atoms with Gasteiger partial charge in [-0.05, 0) is 24.1 Å². The molecule has 0 N–H and O–H groups in total. The summed E-state index contributed by atoms with van der Waals surface area (Å²) in [5.41, 5.74) is 0.542. The first-order valence-electron chi connectivity index (χ1n) is 4.92. The Morgan fingerprint density at radius 3 is 2.71 bits per heavy atom. The number of hydrogen-bond acceptors (Lipinski definition) is 4. The van der Waals surface area contributed by atoms with Gasteiger partial charge in [0.15, 0.2) is 11.6 Å². The van der Waals surface area contributed by atoms with E-state index in [-0.39, 0.29) is 12.2 Å². The molecule has 1 atom stereocenters. The lowest BCUT2D eigenvalue weighted by molar-refractivity contribution is -0.143. The zero-order valence-electron chi connectivity index (χ0n) is 9.57. The van der Waals surface area contributed by atoms with E-state index < -0.39 is 17.7 Å². The number of nitrogens with zero attached hydrogens (tertiary/aromatic N) is 1. The molecule has 0 heterocycles. The number of halogens is 1. The Morgan fingerprint density at radius 2 is 2.24 bits per heavy atom. The van der Waals surface area contributed by atoms with Crippen LogP contribution in [0.4, 0.5) is 4.39 Å². The van der Waals surface area contributed by atoms with Crippen LogP contribution in [0.2, 0.25) is 0 Å². The van der Waals surface area contributed by atoms with Crippen molar-refractivity contribution in [3.8, 4) is 11.8 Å². The molecule has 0 amide bonds. The van der Waals surface area contributed by atoms with Crippen LogP contribution >= 0.6 is 0 Å². The molecule has 90 valence electrons. The lowest BCUT2D eigenvalue weighted by Crippen LogP contribution is -2.16. The molecule has 0 saturated carbocycles. The highest BCUT2D eigenvalue weighted by Gasteiger charge is 2.19. The molecular weight excluding hydrogens is 225 g/mol. The summed E-state index contributed by atoms with van der Waals surface area (Å²) in [6.45, 7) is 0. The van der Waals surface area contributed by atoms with Crippen LogP contribution in [0.3, 0.4) is 0 Å². The van der Waals surface area contributed by atoms with E-state index in [0.717, 1.165) is 0 Å². The van der Waals surface area contributed by atoms with Gasteiger partial charge in [-0.3, -0.25) is 4.79 Å². The average molecular weight is 237 g/mol. The fourth-order valence-corrected chi connectivity index (χ4v) is 1.40. The molecule has 1 aromatic carbocycles. The van der Waals surface area contributed by atoms with Crippen LogP contribution in [0.1, 0.15) is 5.56 Å². The zero-order chi connectivity index (χ0) is 12.8. The van der Waals surface area contributed by atoms with E-state index in [4.69, 9.17) is 10.00 Å². The molecule has 1 rings (SSSR count). The third-order valence-electron chi connectivity index (χ3n) is 2.30. The van der Waals surface area contributed by atoms with Crippen LogP contribution in [0.25, 0.3) is 0 Å². The van der Waals surface area contributed by atoms with E-state index in [0.29, 0.717) is 5.56 Å². The molecule has 5 heteroatoms. The van der Waals surface area contributed by atoms with Gasteiger partial charge >= 0.3 is 5.97 Å². The number of carbonyl (C=O) groups is 1. The summed E-state index contributed by atoms with van der Waals surface area (Å²) in [4.78, 5) is 11.2. The van der Waals surface area contributed by atoms with Gasteiger partial charge in [0.1, 0.15) is 5.92 Å². The predicted molar refractivity (Wildman–Crippen MR) is 57.8 cm³/mol. The van der Waals surface area contributed by atoms with Crippen molar-refractivity contribution in [1.29, 1.82) is 5.26 Å². The van der Waals surface area contributed by atoms with E-state index in [1.807, 2.05) is 6.07 Å². The third-order valence-corrected chi connectivity index (χ3v) is 2.30. The van der Waals surface area contributed by atoms with Crippen LogP contribution in [-0.2, 0) is 16.0 Å². The van der Waals surface area contributed by atoms with Crippen molar-refractivity contribution >= 4 is 5.97 Å². The Labute approximate surface area is 98.6 Å². The van der Waals surface area contributed by atoms with E-state index in [2.05, 4.69) is 4.74 Å². The molecule has 0 aliphatic carbocycles. The van der Waals surface area contributed by atoms with Crippen LogP contribution < -0.4 is 4.74 Å². The van der Waals surface area contributed by atoms with Gasteiger partial charge in [0.2, 0.25) is 0 Å². The first kappa shape index (κ1) is 13.0. The highest BCUT2D eigenvalue weighted by molar-refractivity contribution is 5.75. The van der Waals surface area contributed by atoms with E-state index >= 15 is 0 Å². The summed E-state index contributed by atoms with van der Waals surface area (Å²) in [5.74, 6) is -1.94. The molecule has 0 fully saturated rings. The summed E-state index contributed by atoms with van der Waals surface area (Å²) < 4.78 is 22.6. The van der Waals surface area contributed by atoms with Gasteiger partial charge in [0.25, 0.3) is 0 Å². The highest BCUT2D eigenvalue weighted by Crippen LogP contribution is 2.19. The molecule has 0 spiro atoms. The van der Waals surface area contributed by atoms with Crippen molar-refractivity contribution in [3.63, 3.8) is 0 Å². The summed E-state index contributed by atoms with van der Waals surface area (Å²) in [7, 11) is 2.58. The van der Waals surface area contributed by atoms with Crippen molar-refractivity contribution in [1.82, 2.24) is 0 Å². The summed E-state index contributed by atoms with van der Waals surface area (Å²) in [6, 6.07) is 6.12. The second-order valence-electron chi connectivity index (χ2n) is 3.38. The van der Waals surface area contributed by atoms with Gasteiger partial charge in [0, 0.05) is 0 Å². The van der Waals surface area contributed by atoms with E-state index in [9.17, 15) is 9.18 Å². The first-order valence-corrected chi connectivity index (χ1v) is 4.92. The number of carbonyl (C=O) groups excluding carboxylic acids is 1. The Morgan fingerprint density at radius 1 is 1.53 bits per heavy atom. The molecule has 0 aliphatic rings. The lowest BCUT2D eigenvalue weighted by atomic mass is 10.0. The minimum absolute atomic E-state index is 0.115. The maximum atomic E-state index is 13.4. The zero-order valence-corrected chi connectivity index (χ0v) is 9.57. The molecule has 0 radical (unpaired) electrons. The van der Waals surface area contributed by atoms with Gasteiger partial charge < -0.3 is 9.47 Å². The minimum atomic E-state index is -0.923. The number of nitriles is 1. The Hall–Kier alpha value is -2.09. The second-order valence-corrected chi connectivity index (χ2v) is 3.38.